The van der Waals surface area contributed by atoms with E-state index in [4.69, 9.17) is 0 Å². The maximum absolute atomic E-state index is 11.9. The molecule has 0 heterocycles. The topological polar surface area (TPSA) is 92.5 Å². The van der Waals surface area contributed by atoms with Crippen molar-refractivity contribution in [2.45, 2.75) is 25.7 Å². The van der Waals surface area contributed by atoms with Crippen LogP contribution in [0.15, 0.2) is 24.3 Å². The number of amides is 1. The fourth-order valence-electron chi connectivity index (χ4n) is 2.94. The molecule has 1 saturated carbocycles. The van der Waals surface area contributed by atoms with E-state index in [0.717, 1.165) is 19.3 Å². The Hall–Kier alpha value is -1.95. The molecule has 6 heteroatoms. The van der Waals surface area contributed by atoms with Crippen LogP contribution in [0.4, 0.5) is 5.69 Å². The van der Waals surface area contributed by atoms with Crippen molar-refractivity contribution < 1.29 is 14.8 Å². The van der Waals surface area contributed by atoms with Crippen LogP contribution < -0.4 is 5.32 Å². The molecule has 1 aliphatic carbocycles. The summed E-state index contributed by atoms with van der Waals surface area (Å²) in [7, 11) is 0. The Kier molecular flexibility index (Phi) is 5.27. The molecule has 0 aromatic heterocycles. The van der Waals surface area contributed by atoms with E-state index >= 15 is 0 Å². The van der Waals surface area contributed by atoms with Crippen LogP contribution in [0.2, 0.25) is 0 Å². The fourth-order valence-corrected chi connectivity index (χ4v) is 2.94. The lowest BCUT2D eigenvalue weighted by Gasteiger charge is -2.17. The van der Waals surface area contributed by atoms with Gasteiger partial charge in [0, 0.05) is 24.8 Å². The Morgan fingerprint density at radius 1 is 1.33 bits per heavy atom. The number of carbonyl (C=O) groups excluding carboxylic acids is 1. The van der Waals surface area contributed by atoms with Crippen molar-refractivity contribution in [3.05, 3.63) is 39.9 Å². The third-order valence-corrected chi connectivity index (χ3v) is 4.15. The van der Waals surface area contributed by atoms with E-state index in [2.05, 4.69) is 5.32 Å². The molecule has 1 amide bonds. The number of nitrogens with one attached hydrogen (secondary N) is 1. The molecule has 1 aromatic carbocycles. The minimum absolute atomic E-state index is 0.00760. The van der Waals surface area contributed by atoms with Crippen molar-refractivity contribution in [1.29, 1.82) is 0 Å². The van der Waals surface area contributed by atoms with Gasteiger partial charge in [0.1, 0.15) is 0 Å². The maximum Gasteiger partial charge on any atom is 0.273 e. The number of rotatable bonds is 6. The van der Waals surface area contributed by atoms with Crippen molar-refractivity contribution in [3.8, 4) is 0 Å². The number of aliphatic hydroxyl groups excluding tert-OH is 1. The van der Waals surface area contributed by atoms with E-state index in [-0.39, 0.29) is 30.5 Å². The quantitative estimate of drug-likeness (QED) is 0.616. The summed E-state index contributed by atoms with van der Waals surface area (Å²) in [4.78, 5) is 22.4. The highest BCUT2D eigenvalue weighted by atomic mass is 16.6. The molecule has 2 rings (SSSR count). The predicted molar refractivity (Wildman–Crippen MR) is 77.7 cm³/mol. The zero-order valence-electron chi connectivity index (χ0n) is 11.8. The lowest BCUT2D eigenvalue weighted by molar-refractivity contribution is -0.385. The molecule has 6 nitrogen and oxygen atoms in total. The van der Waals surface area contributed by atoms with Gasteiger partial charge in [0.2, 0.25) is 5.91 Å². The molecule has 1 aliphatic rings. The van der Waals surface area contributed by atoms with E-state index in [1.54, 1.807) is 18.2 Å². The third kappa shape index (κ3) is 4.01. The summed E-state index contributed by atoms with van der Waals surface area (Å²) in [6.07, 6.45) is 3.10. The number of nitrogens with zero attached hydrogens (tertiary/aromatic N) is 1. The second kappa shape index (κ2) is 7.17. The van der Waals surface area contributed by atoms with Gasteiger partial charge in [-0.25, -0.2) is 0 Å². The Balaban J connectivity index is 1.89. The monoisotopic (exact) mass is 292 g/mol. The summed E-state index contributed by atoms with van der Waals surface area (Å²) >= 11 is 0. The van der Waals surface area contributed by atoms with Crippen LogP contribution >= 0.6 is 0 Å². The van der Waals surface area contributed by atoms with Crippen molar-refractivity contribution in [3.63, 3.8) is 0 Å². The van der Waals surface area contributed by atoms with Crippen molar-refractivity contribution >= 4 is 11.6 Å². The van der Waals surface area contributed by atoms with Crippen LogP contribution in [0.3, 0.4) is 0 Å². The molecule has 1 aromatic rings. The van der Waals surface area contributed by atoms with Crippen LogP contribution in [-0.2, 0) is 11.2 Å². The van der Waals surface area contributed by atoms with Crippen LogP contribution in [0.25, 0.3) is 0 Å². The first kappa shape index (κ1) is 15.4. The van der Waals surface area contributed by atoms with Crippen molar-refractivity contribution in [1.82, 2.24) is 5.32 Å². The summed E-state index contributed by atoms with van der Waals surface area (Å²) in [5.74, 6) is 0.356. The molecular formula is C15H20N2O4. The standard InChI is InChI=1S/C15H20N2O4/c18-10-13-6-3-5-12(13)9-16-15(19)8-11-4-1-2-7-14(11)17(20)21/h1-2,4,7,12-13,18H,3,5-6,8-10H2,(H,16,19). The molecule has 2 unspecified atom stereocenters. The van der Waals surface area contributed by atoms with Crippen LogP contribution in [0.1, 0.15) is 24.8 Å². The molecule has 21 heavy (non-hydrogen) atoms. The Morgan fingerprint density at radius 3 is 2.76 bits per heavy atom. The van der Waals surface area contributed by atoms with E-state index in [0.29, 0.717) is 18.0 Å². The first-order valence-corrected chi connectivity index (χ1v) is 7.21. The summed E-state index contributed by atoms with van der Waals surface area (Å²) in [6.45, 7) is 0.690. The molecule has 0 bridgehead atoms. The van der Waals surface area contributed by atoms with E-state index in [9.17, 15) is 20.0 Å². The Bertz CT molecular complexity index is 518. The Labute approximate surface area is 123 Å². The molecule has 2 N–H and O–H groups in total. The molecule has 114 valence electrons. The minimum atomic E-state index is -0.471. The zero-order valence-corrected chi connectivity index (χ0v) is 11.8. The zero-order chi connectivity index (χ0) is 15.2. The number of para-hydroxylation sites is 1. The summed E-state index contributed by atoms with van der Waals surface area (Å²) in [5.41, 5.74) is 0.395. The highest BCUT2D eigenvalue weighted by Crippen LogP contribution is 2.30. The summed E-state index contributed by atoms with van der Waals surface area (Å²) in [5, 5.41) is 23.0. The van der Waals surface area contributed by atoms with Crippen LogP contribution in [-0.4, -0.2) is 29.1 Å². The number of aliphatic hydroxyl groups is 1. The lowest BCUT2D eigenvalue weighted by atomic mass is 9.97. The van der Waals surface area contributed by atoms with Crippen molar-refractivity contribution in [2.75, 3.05) is 13.2 Å². The first-order chi connectivity index (χ1) is 10.1. The van der Waals surface area contributed by atoms with Crippen LogP contribution in [0, 0.1) is 22.0 Å². The highest BCUT2D eigenvalue weighted by Gasteiger charge is 2.26. The number of benzene rings is 1. The number of hydrogen-bond acceptors (Lipinski definition) is 4. The van der Waals surface area contributed by atoms with E-state index < -0.39 is 4.92 Å². The molecule has 0 spiro atoms. The van der Waals surface area contributed by atoms with Gasteiger partial charge < -0.3 is 10.4 Å². The van der Waals surface area contributed by atoms with E-state index in [1.807, 2.05) is 0 Å². The van der Waals surface area contributed by atoms with Gasteiger partial charge in [0.25, 0.3) is 5.69 Å². The van der Waals surface area contributed by atoms with Gasteiger partial charge in [0.15, 0.2) is 0 Å². The number of carbonyl (C=O) groups is 1. The fraction of sp³-hybridized carbons (Fsp3) is 0.533. The molecule has 0 saturated heterocycles. The molecule has 0 aliphatic heterocycles. The van der Waals surface area contributed by atoms with Crippen molar-refractivity contribution in [2.24, 2.45) is 11.8 Å². The number of nitro groups is 1. The van der Waals surface area contributed by atoms with Gasteiger partial charge in [-0.3, -0.25) is 14.9 Å². The summed E-state index contributed by atoms with van der Waals surface area (Å²) < 4.78 is 0. The third-order valence-electron chi connectivity index (χ3n) is 4.15. The predicted octanol–water partition coefficient (Wildman–Crippen LogP) is 1.66. The molecule has 1 fully saturated rings. The van der Waals surface area contributed by atoms with Gasteiger partial charge in [-0.2, -0.15) is 0 Å². The second-order valence-corrected chi connectivity index (χ2v) is 5.50. The first-order valence-electron chi connectivity index (χ1n) is 7.21. The average Bonchev–Trinajstić information content (AvgIpc) is 2.93. The van der Waals surface area contributed by atoms with Gasteiger partial charge in [-0.05, 0) is 24.7 Å². The van der Waals surface area contributed by atoms with E-state index in [1.165, 1.54) is 6.07 Å². The van der Waals surface area contributed by atoms with Crippen LogP contribution in [0.5, 0.6) is 0 Å². The average molecular weight is 292 g/mol. The second-order valence-electron chi connectivity index (χ2n) is 5.50. The van der Waals surface area contributed by atoms with Gasteiger partial charge in [-0.15, -0.1) is 0 Å². The minimum Gasteiger partial charge on any atom is -0.396 e. The SMILES string of the molecule is O=C(Cc1ccccc1[N+](=O)[O-])NCC1CCCC1CO. The van der Waals surface area contributed by atoms with Gasteiger partial charge in [-0.1, -0.05) is 24.6 Å². The smallest absolute Gasteiger partial charge is 0.273 e. The molecule has 0 radical (unpaired) electrons. The number of hydrogen-bond donors (Lipinski definition) is 2. The molecule has 2 atom stereocenters. The largest absolute Gasteiger partial charge is 0.396 e. The van der Waals surface area contributed by atoms with Gasteiger partial charge >= 0.3 is 0 Å². The number of nitro benzene ring substituents is 1. The Morgan fingerprint density at radius 2 is 2.05 bits per heavy atom. The highest BCUT2D eigenvalue weighted by molar-refractivity contribution is 5.79. The van der Waals surface area contributed by atoms with Gasteiger partial charge in [0.05, 0.1) is 11.3 Å². The molecular weight excluding hydrogens is 272 g/mol. The maximum atomic E-state index is 11.9. The summed E-state index contributed by atoms with van der Waals surface area (Å²) in [6, 6.07) is 6.28. The normalized spacial score (nSPS) is 21.2. The lowest BCUT2D eigenvalue weighted by Crippen LogP contribution is -2.32.